The molecular formula is C11H13FN2. The number of hydrogen-bond acceptors (Lipinski definition) is 1. The maximum atomic E-state index is 13.4. The Morgan fingerprint density at radius 1 is 1.36 bits per heavy atom. The molecule has 0 N–H and O–H groups in total. The summed E-state index contributed by atoms with van der Waals surface area (Å²) in [7, 11) is 1.86. The normalized spacial score (nSPS) is 11.5. The smallest absolute Gasteiger partial charge is 0.151 e. The predicted molar refractivity (Wildman–Crippen MR) is 54.8 cm³/mol. The predicted octanol–water partition coefficient (Wildman–Crippen LogP) is 2.84. The van der Waals surface area contributed by atoms with Crippen LogP contribution in [0, 0.1) is 5.82 Å². The summed E-state index contributed by atoms with van der Waals surface area (Å²) in [5, 5.41) is 5.09. The van der Waals surface area contributed by atoms with Crippen molar-refractivity contribution in [3.05, 3.63) is 29.7 Å². The minimum absolute atomic E-state index is 0.245. The zero-order chi connectivity index (χ0) is 10.3. The SMILES string of the molecule is CC(C)c1c2cccc(F)c2nn1C. The summed E-state index contributed by atoms with van der Waals surface area (Å²) in [6, 6.07) is 5.09. The zero-order valence-corrected chi connectivity index (χ0v) is 8.58. The molecule has 14 heavy (non-hydrogen) atoms. The lowest BCUT2D eigenvalue weighted by Gasteiger charge is -2.05. The number of halogens is 1. The van der Waals surface area contributed by atoms with Crippen LogP contribution in [0.25, 0.3) is 10.9 Å². The first-order valence-electron chi connectivity index (χ1n) is 4.72. The van der Waals surface area contributed by atoms with E-state index >= 15 is 0 Å². The van der Waals surface area contributed by atoms with Crippen LogP contribution in [0.15, 0.2) is 18.2 Å². The largest absolute Gasteiger partial charge is 0.271 e. The van der Waals surface area contributed by atoms with Crippen LogP contribution in [0.4, 0.5) is 4.39 Å². The molecule has 0 radical (unpaired) electrons. The number of rotatable bonds is 1. The molecule has 2 nitrogen and oxygen atoms in total. The molecule has 0 aliphatic carbocycles. The van der Waals surface area contributed by atoms with Gasteiger partial charge in [0, 0.05) is 18.1 Å². The van der Waals surface area contributed by atoms with Crippen molar-refractivity contribution >= 4 is 10.9 Å². The van der Waals surface area contributed by atoms with Crippen molar-refractivity contribution in [1.82, 2.24) is 9.78 Å². The maximum Gasteiger partial charge on any atom is 0.151 e. The molecule has 0 amide bonds. The fourth-order valence-corrected chi connectivity index (χ4v) is 1.89. The molecule has 0 atom stereocenters. The van der Waals surface area contributed by atoms with Gasteiger partial charge in [-0.2, -0.15) is 5.10 Å². The number of nitrogens with zero attached hydrogens (tertiary/aromatic N) is 2. The molecule has 1 heterocycles. The molecule has 0 bridgehead atoms. The molecule has 74 valence electrons. The molecule has 0 unspecified atom stereocenters. The van der Waals surface area contributed by atoms with Crippen molar-refractivity contribution in [2.24, 2.45) is 7.05 Å². The van der Waals surface area contributed by atoms with E-state index in [0.717, 1.165) is 11.1 Å². The van der Waals surface area contributed by atoms with E-state index in [0.29, 0.717) is 11.4 Å². The monoisotopic (exact) mass is 192 g/mol. The van der Waals surface area contributed by atoms with Crippen LogP contribution in [0.3, 0.4) is 0 Å². The number of hydrogen-bond donors (Lipinski definition) is 0. The highest BCUT2D eigenvalue weighted by Gasteiger charge is 2.13. The van der Waals surface area contributed by atoms with Crippen molar-refractivity contribution in [3.8, 4) is 0 Å². The topological polar surface area (TPSA) is 17.8 Å². The van der Waals surface area contributed by atoms with Crippen LogP contribution in [0.5, 0.6) is 0 Å². The van der Waals surface area contributed by atoms with E-state index in [4.69, 9.17) is 0 Å². The van der Waals surface area contributed by atoms with E-state index in [2.05, 4.69) is 18.9 Å². The summed E-state index contributed by atoms with van der Waals surface area (Å²) in [6.45, 7) is 4.17. The summed E-state index contributed by atoms with van der Waals surface area (Å²) < 4.78 is 15.1. The number of benzene rings is 1. The lowest BCUT2D eigenvalue weighted by Crippen LogP contribution is -1.99. The lowest BCUT2D eigenvalue weighted by molar-refractivity contribution is 0.628. The highest BCUT2D eigenvalue weighted by Crippen LogP contribution is 2.25. The molecule has 0 aliphatic rings. The van der Waals surface area contributed by atoms with E-state index in [-0.39, 0.29) is 5.82 Å². The molecule has 1 aromatic carbocycles. The van der Waals surface area contributed by atoms with Crippen LogP contribution in [0.1, 0.15) is 25.5 Å². The third kappa shape index (κ3) is 1.20. The van der Waals surface area contributed by atoms with Gasteiger partial charge in [0.05, 0.1) is 0 Å². The molecule has 0 spiro atoms. The molecular weight excluding hydrogens is 179 g/mol. The number of aromatic nitrogens is 2. The average Bonchev–Trinajstić information content (AvgIpc) is 2.42. The molecule has 2 aromatic rings. The second-order valence-corrected chi connectivity index (χ2v) is 3.80. The molecule has 0 fully saturated rings. The Balaban J connectivity index is 2.83. The average molecular weight is 192 g/mol. The Morgan fingerprint density at radius 3 is 2.71 bits per heavy atom. The third-order valence-corrected chi connectivity index (χ3v) is 2.41. The van der Waals surface area contributed by atoms with Crippen molar-refractivity contribution in [2.75, 3.05) is 0 Å². The van der Waals surface area contributed by atoms with Crippen molar-refractivity contribution in [1.29, 1.82) is 0 Å². The third-order valence-electron chi connectivity index (χ3n) is 2.41. The maximum absolute atomic E-state index is 13.4. The summed E-state index contributed by atoms with van der Waals surface area (Å²) in [6.07, 6.45) is 0. The highest BCUT2D eigenvalue weighted by molar-refractivity contribution is 5.82. The molecule has 3 heteroatoms. The first-order valence-corrected chi connectivity index (χ1v) is 4.72. The van der Waals surface area contributed by atoms with Gasteiger partial charge in [0.25, 0.3) is 0 Å². The van der Waals surface area contributed by atoms with Crippen LogP contribution in [-0.2, 0) is 7.05 Å². The van der Waals surface area contributed by atoms with Crippen LogP contribution >= 0.6 is 0 Å². The minimum Gasteiger partial charge on any atom is -0.271 e. The van der Waals surface area contributed by atoms with Gasteiger partial charge in [-0.05, 0) is 12.0 Å². The van der Waals surface area contributed by atoms with Crippen molar-refractivity contribution in [3.63, 3.8) is 0 Å². The molecule has 0 aliphatic heterocycles. The Bertz CT molecular complexity index is 471. The van der Waals surface area contributed by atoms with Gasteiger partial charge in [0.15, 0.2) is 5.82 Å². The van der Waals surface area contributed by atoms with Gasteiger partial charge in [-0.25, -0.2) is 4.39 Å². The van der Waals surface area contributed by atoms with Gasteiger partial charge in [0.2, 0.25) is 0 Å². The Labute approximate surface area is 82.3 Å². The fraction of sp³-hybridized carbons (Fsp3) is 0.364. The zero-order valence-electron chi connectivity index (χ0n) is 8.58. The van der Waals surface area contributed by atoms with Crippen molar-refractivity contribution in [2.45, 2.75) is 19.8 Å². The standard InChI is InChI=1S/C11H13FN2/c1-7(2)11-8-5-4-6-9(12)10(8)13-14(11)3/h4-7H,1-3H3. The van der Waals surface area contributed by atoms with Gasteiger partial charge in [-0.15, -0.1) is 0 Å². The van der Waals surface area contributed by atoms with Gasteiger partial charge in [0.1, 0.15) is 5.52 Å². The lowest BCUT2D eigenvalue weighted by atomic mass is 10.1. The second kappa shape index (κ2) is 3.08. The summed E-state index contributed by atoms with van der Waals surface area (Å²) in [5.74, 6) is 0.108. The van der Waals surface area contributed by atoms with Gasteiger partial charge in [-0.3, -0.25) is 4.68 Å². The minimum atomic E-state index is -0.245. The van der Waals surface area contributed by atoms with Gasteiger partial charge >= 0.3 is 0 Å². The summed E-state index contributed by atoms with van der Waals surface area (Å²) in [5.41, 5.74) is 1.55. The Kier molecular flexibility index (Phi) is 2.02. The summed E-state index contributed by atoms with van der Waals surface area (Å²) >= 11 is 0. The van der Waals surface area contributed by atoms with E-state index in [1.807, 2.05) is 13.1 Å². The molecule has 0 saturated carbocycles. The van der Waals surface area contributed by atoms with E-state index in [9.17, 15) is 4.39 Å². The summed E-state index contributed by atoms with van der Waals surface area (Å²) in [4.78, 5) is 0. The molecule has 2 rings (SSSR count). The van der Waals surface area contributed by atoms with Gasteiger partial charge < -0.3 is 0 Å². The Morgan fingerprint density at radius 2 is 2.07 bits per heavy atom. The molecule has 0 saturated heterocycles. The number of fused-ring (bicyclic) bond motifs is 1. The van der Waals surface area contributed by atoms with E-state index in [1.165, 1.54) is 6.07 Å². The van der Waals surface area contributed by atoms with E-state index in [1.54, 1.807) is 10.7 Å². The van der Waals surface area contributed by atoms with Crippen LogP contribution in [-0.4, -0.2) is 9.78 Å². The van der Waals surface area contributed by atoms with Crippen molar-refractivity contribution < 1.29 is 4.39 Å². The highest BCUT2D eigenvalue weighted by atomic mass is 19.1. The fourth-order valence-electron chi connectivity index (χ4n) is 1.89. The van der Waals surface area contributed by atoms with Crippen LogP contribution < -0.4 is 0 Å². The number of aryl methyl sites for hydroxylation is 1. The first-order chi connectivity index (χ1) is 6.61. The Hall–Kier alpha value is -1.38. The second-order valence-electron chi connectivity index (χ2n) is 3.80. The van der Waals surface area contributed by atoms with Crippen LogP contribution in [0.2, 0.25) is 0 Å². The van der Waals surface area contributed by atoms with E-state index < -0.39 is 0 Å². The molecule has 1 aromatic heterocycles. The van der Waals surface area contributed by atoms with Gasteiger partial charge in [-0.1, -0.05) is 26.0 Å². The first kappa shape index (κ1) is 9.19. The quantitative estimate of drug-likeness (QED) is 0.679.